The third kappa shape index (κ3) is 5.27. The van der Waals surface area contributed by atoms with E-state index in [4.69, 9.17) is 14.8 Å². The molecule has 1 amide bonds. The van der Waals surface area contributed by atoms with Gasteiger partial charge in [0, 0.05) is 42.0 Å². The van der Waals surface area contributed by atoms with Gasteiger partial charge in [-0.25, -0.2) is 14.8 Å². The Hall–Kier alpha value is -4.73. The molecular formula is C24H26N10O3. The Morgan fingerprint density at radius 3 is 2.65 bits per heavy atom. The molecule has 0 spiro atoms. The van der Waals surface area contributed by atoms with Crippen molar-refractivity contribution >= 4 is 28.8 Å². The third-order valence-electron chi connectivity index (χ3n) is 6.13. The maximum Gasteiger partial charge on any atom is 0.404 e. The van der Waals surface area contributed by atoms with Crippen molar-refractivity contribution in [3.8, 4) is 23.3 Å². The Labute approximate surface area is 211 Å². The highest BCUT2D eigenvalue weighted by Gasteiger charge is 2.24. The first-order valence-corrected chi connectivity index (χ1v) is 12.0. The molecule has 190 valence electrons. The Morgan fingerprint density at radius 1 is 1.14 bits per heavy atom. The van der Waals surface area contributed by atoms with E-state index in [9.17, 15) is 4.79 Å². The minimum atomic E-state index is -0.992. The minimum Gasteiger partial charge on any atom is -0.465 e. The highest BCUT2D eigenvalue weighted by Crippen LogP contribution is 2.31. The zero-order chi connectivity index (χ0) is 25.9. The lowest BCUT2D eigenvalue weighted by atomic mass is 9.91. The Bertz CT molecular complexity index is 1460. The first-order valence-electron chi connectivity index (χ1n) is 12.0. The number of carbonyl (C=O) groups is 1. The number of nitrogens with zero attached hydrogens (tertiary/aromatic N) is 7. The number of rotatable bonds is 7. The van der Waals surface area contributed by atoms with Crippen LogP contribution < -0.4 is 16.0 Å². The molecule has 37 heavy (non-hydrogen) atoms. The van der Waals surface area contributed by atoms with Gasteiger partial charge in [-0.05, 0) is 45.6 Å². The van der Waals surface area contributed by atoms with Crippen LogP contribution in [0.2, 0.25) is 0 Å². The van der Waals surface area contributed by atoms with Gasteiger partial charge in [0.15, 0.2) is 11.5 Å². The number of nitrogens with one attached hydrogen (secondary N) is 3. The molecule has 13 heteroatoms. The van der Waals surface area contributed by atoms with Gasteiger partial charge >= 0.3 is 12.1 Å². The second-order valence-electron chi connectivity index (χ2n) is 9.25. The van der Waals surface area contributed by atoms with Gasteiger partial charge in [0.1, 0.15) is 6.07 Å². The predicted octanol–water partition coefficient (Wildman–Crippen LogP) is 3.55. The lowest BCUT2D eigenvalue weighted by Crippen LogP contribution is -2.39. The van der Waals surface area contributed by atoms with Crippen LogP contribution in [0.4, 0.5) is 16.5 Å². The number of anilines is 2. The smallest absolute Gasteiger partial charge is 0.404 e. The molecular weight excluding hydrogens is 476 g/mol. The number of pyridine rings is 2. The highest BCUT2D eigenvalue weighted by atomic mass is 16.4. The molecule has 0 saturated heterocycles. The zero-order valence-corrected chi connectivity index (χ0v) is 20.3. The van der Waals surface area contributed by atoms with E-state index >= 15 is 0 Å². The van der Waals surface area contributed by atoms with Crippen LogP contribution in [0.3, 0.4) is 0 Å². The summed E-state index contributed by atoms with van der Waals surface area (Å²) >= 11 is 0. The van der Waals surface area contributed by atoms with E-state index in [1.807, 2.05) is 19.9 Å². The van der Waals surface area contributed by atoms with Gasteiger partial charge in [-0.1, -0.05) is 5.10 Å². The monoisotopic (exact) mass is 502 g/mol. The fourth-order valence-electron chi connectivity index (χ4n) is 4.43. The van der Waals surface area contributed by atoms with Crippen LogP contribution >= 0.6 is 0 Å². The van der Waals surface area contributed by atoms with Gasteiger partial charge in [0.2, 0.25) is 0 Å². The van der Waals surface area contributed by atoms with Crippen molar-refractivity contribution in [3.05, 3.63) is 36.3 Å². The third-order valence-corrected chi connectivity index (χ3v) is 6.13. The van der Waals surface area contributed by atoms with Crippen LogP contribution in [0.15, 0.2) is 35.1 Å². The van der Waals surface area contributed by atoms with Crippen LogP contribution in [-0.2, 0) is 0 Å². The molecule has 5 rings (SSSR count). The molecule has 0 aromatic carbocycles. The summed E-state index contributed by atoms with van der Waals surface area (Å²) in [5.74, 6) is 0.858. The lowest BCUT2D eigenvalue weighted by Gasteiger charge is -2.28. The van der Waals surface area contributed by atoms with Crippen LogP contribution in [0, 0.1) is 11.3 Å². The van der Waals surface area contributed by atoms with E-state index in [1.54, 1.807) is 23.1 Å². The van der Waals surface area contributed by atoms with Gasteiger partial charge in [0.05, 0.1) is 23.0 Å². The van der Waals surface area contributed by atoms with E-state index < -0.39 is 6.09 Å². The SMILES string of the molecule is CC(C)Nc1cc(-n2ncc3cc(C#N)cnc32)ncc1-c1nnc(NC2CCC(NC(=O)O)CC2)o1. The first-order chi connectivity index (χ1) is 17.9. The van der Waals surface area contributed by atoms with Crippen molar-refractivity contribution in [1.82, 2.24) is 35.3 Å². The number of aromatic nitrogens is 6. The standard InChI is InChI=1S/C24H26N10O3/c1-13(2)29-19-8-20(34-21-15(11-28-34)7-14(9-25)10-27-21)26-12-18(19)22-32-33-23(37-22)30-16-3-5-17(6-4-16)31-24(35)36/h7-8,10-13,16-17,31H,3-6H2,1-2H3,(H,26,29)(H,30,33)(H,35,36). The number of hydrogen-bond donors (Lipinski definition) is 4. The Kier molecular flexibility index (Phi) is 6.55. The number of fused-ring (bicyclic) bond motifs is 1. The van der Waals surface area contributed by atoms with Crippen molar-refractivity contribution in [2.45, 2.75) is 57.7 Å². The quantitative estimate of drug-likeness (QED) is 0.290. The summed E-state index contributed by atoms with van der Waals surface area (Å²) in [5.41, 5.74) is 2.44. The number of nitriles is 1. The summed E-state index contributed by atoms with van der Waals surface area (Å²) in [7, 11) is 0. The fraction of sp³-hybridized carbons (Fsp3) is 0.375. The van der Waals surface area contributed by atoms with Gasteiger partial charge in [-0.3, -0.25) is 0 Å². The zero-order valence-electron chi connectivity index (χ0n) is 20.3. The fourth-order valence-corrected chi connectivity index (χ4v) is 4.43. The maximum atomic E-state index is 10.9. The summed E-state index contributed by atoms with van der Waals surface area (Å²) in [5, 5.41) is 40.8. The Balaban J connectivity index is 1.37. The summed E-state index contributed by atoms with van der Waals surface area (Å²) < 4.78 is 7.54. The molecule has 4 aromatic heterocycles. The van der Waals surface area contributed by atoms with Crippen LogP contribution in [-0.4, -0.2) is 59.3 Å². The van der Waals surface area contributed by atoms with Crippen molar-refractivity contribution in [2.75, 3.05) is 10.6 Å². The van der Waals surface area contributed by atoms with Crippen molar-refractivity contribution in [3.63, 3.8) is 0 Å². The van der Waals surface area contributed by atoms with Gasteiger partial charge in [0.25, 0.3) is 5.89 Å². The summed E-state index contributed by atoms with van der Waals surface area (Å²) in [6.45, 7) is 4.04. The molecule has 0 bridgehead atoms. The second-order valence-corrected chi connectivity index (χ2v) is 9.25. The molecule has 4 heterocycles. The average molecular weight is 503 g/mol. The average Bonchev–Trinajstić information content (AvgIpc) is 3.51. The van der Waals surface area contributed by atoms with Crippen LogP contribution in [0.1, 0.15) is 45.1 Å². The molecule has 1 saturated carbocycles. The van der Waals surface area contributed by atoms with Gasteiger partial charge < -0.3 is 25.5 Å². The van der Waals surface area contributed by atoms with Crippen LogP contribution in [0.5, 0.6) is 0 Å². The lowest BCUT2D eigenvalue weighted by molar-refractivity contribution is 0.185. The minimum absolute atomic E-state index is 0.0291. The first kappa shape index (κ1) is 24.0. The molecule has 4 aromatic rings. The van der Waals surface area contributed by atoms with Crippen molar-refractivity contribution in [1.29, 1.82) is 5.26 Å². The van der Waals surface area contributed by atoms with E-state index in [1.165, 1.54) is 6.20 Å². The maximum absolute atomic E-state index is 10.9. The molecule has 0 atom stereocenters. The van der Waals surface area contributed by atoms with Crippen molar-refractivity contribution in [2.24, 2.45) is 0 Å². The Morgan fingerprint density at radius 2 is 1.92 bits per heavy atom. The highest BCUT2D eigenvalue weighted by molar-refractivity contribution is 5.79. The molecule has 1 fully saturated rings. The summed E-state index contributed by atoms with van der Waals surface area (Å²) in [6, 6.07) is 6.18. The molecule has 0 radical (unpaired) electrons. The summed E-state index contributed by atoms with van der Waals surface area (Å²) in [6.07, 6.45) is 6.88. The van der Waals surface area contributed by atoms with E-state index in [0.29, 0.717) is 34.5 Å². The number of amides is 1. The number of carboxylic acid groups (broad SMARTS) is 1. The molecule has 4 N–H and O–H groups in total. The normalized spacial score (nSPS) is 17.5. The van der Waals surface area contributed by atoms with Gasteiger partial charge in [-0.2, -0.15) is 15.0 Å². The van der Waals surface area contributed by atoms with E-state index in [2.05, 4.69) is 47.3 Å². The topological polar surface area (TPSA) is 180 Å². The van der Waals surface area contributed by atoms with Gasteiger partial charge in [-0.15, -0.1) is 5.10 Å². The largest absolute Gasteiger partial charge is 0.465 e. The van der Waals surface area contributed by atoms with E-state index in [-0.39, 0.29) is 18.1 Å². The second kappa shape index (κ2) is 10.1. The summed E-state index contributed by atoms with van der Waals surface area (Å²) in [4.78, 5) is 19.8. The van der Waals surface area contributed by atoms with Crippen LogP contribution in [0.25, 0.3) is 28.3 Å². The predicted molar refractivity (Wildman–Crippen MR) is 134 cm³/mol. The molecule has 13 nitrogen and oxygen atoms in total. The molecule has 1 aliphatic rings. The molecule has 0 unspecified atom stereocenters. The molecule has 1 aliphatic carbocycles. The number of hydrogen-bond acceptors (Lipinski definition) is 10. The van der Waals surface area contributed by atoms with E-state index in [0.717, 1.165) is 36.8 Å². The van der Waals surface area contributed by atoms with Crippen molar-refractivity contribution < 1.29 is 14.3 Å². The molecule has 0 aliphatic heterocycles.